The minimum absolute atomic E-state index is 0.234. The van der Waals surface area contributed by atoms with Crippen LogP contribution >= 0.6 is 0 Å². The molecule has 0 heterocycles. The first-order valence-electron chi connectivity index (χ1n) is 9.42. The minimum atomic E-state index is -0.529. The Morgan fingerprint density at radius 3 is 1.33 bits per heavy atom. The van der Waals surface area contributed by atoms with Crippen molar-refractivity contribution in [2.45, 2.75) is 91.3 Å². The normalized spacial score (nSPS) is 31.1. The molecule has 0 amide bonds. The number of carbonyl (C=O) groups is 2. The Kier molecular flexibility index (Phi) is 5.66. The van der Waals surface area contributed by atoms with Crippen molar-refractivity contribution in [3.8, 4) is 0 Å². The molecule has 2 aliphatic carbocycles. The van der Waals surface area contributed by atoms with E-state index in [2.05, 4.69) is 0 Å². The lowest BCUT2D eigenvalue weighted by Crippen LogP contribution is -2.45. The molecule has 2 rings (SSSR count). The third-order valence-corrected chi connectivity index (χ3v) is 5.08. The van der Waals surface area contributed by atoms with Gasteiger partial charge in [-0.3, -0.25) is 9.59 Å². The van der Waals surface area contributed by atoms with Crippen molar-refractivity contribution in [3.63, 3.8) is 0 Å². The van der Waals surface area contributed by atoms with E-state index < -0.39 is 11.2 Å². The van der Waals surface area contributed by atoms with Crippen LogP contribution in [0.25, 0.3) is 0 Å². The van der Waals surface area contributed by atoms with E-state index in [0.29, 0.717) is 11.8 Å². The van der Waals surface area contributed by atoms with Crippen LogP contribution in [0.5, 0.6) is 0 Å². The predicted octanol–water partition coefficient (Wildman–Crippen LogP) is 4.50. The van der Waals surface area contributed by atoms with Crippen molar-refractivity contribution >= 4 is 11.9 Å². The molecule has 138 valence electrons. The molecule has 0 spiro atoms. The van der Waals surface area contributed by atoms with Gasteiger partial charge in [0.05, 0.1) is 11.8 Å². The highest BCUT2D eigenvalue weighted by atomic mass is 16.6. The van der Waals surface area contributed by atoms with E-state index in [1.807, 2.05) is 41.5 Å². The lowest BCUT2D eigenvalue weighted by molar-refractivity contribution is -0.178. The Hall–Kier alpha value is -1.06. The van der Waals surface area contributed by atoms with Gasteiger partial charge in [0.15, 0.2) is 0 Å². The number of hydrogen-bond donors (Lipinski definition) is 0. The van der Waals surface area contributed by atoms with E-state index in [1.54, 1.807) is 0 Å². The summed E-state index contributed by atoms with van der Waals surface area (Å²) in [5.41, 5.74) is -1.06. The van der Waals surface area contributed by atoms with Crippen LogP contribution in [-0.2, 0) is 19.1 Å². The SMILES string of the molecule is CC(C)(C)OC(=O)C1CC2CCCCC2CC1C(=O)OC(C)(C)C. The Morgan fingerprint density at radius 1 is 0.708 bits per heavy atom. The van der Waals surface area contributed by atoms with Gasteiger partial charge in [-0.2, -0.15) is 0 Å². The van der Waals surface area contributed by atoms with Crippen molar-refractivity contribution in [1.82, 2.24) is 0 Å². The summed E-state index contributed by atoms with van der Waals surface area (Å²) in [5.74, 6) is -0.0912. The monoisotopic (exact) mass is 338 g/mol. The van der Waals surface area contributed by atoms with Gasteiger partial charge in [-0.1, -0.05) is 25.7 Å². The molecule has 0 aromatic rings. The maximum absolute atomic E-state index is 12.7. The fourth-order valence-electron chi connectivity index (χ4n) is 4.16. The molecule has 24 heavy (non-hydrogen) atoms. The Bertz CT molecular complexity index is 425. The summed E-state index contributed by atoms with van der Waals surface area (Å²) in [5, 5.41) is 0. The Balaban J connectivity index is 2.17. The van der Waals surface area contributed by atoms with E-state index >= 15 is 0 Å². The highest BCUT2D eigenvalue weighted by molar-refractivity contribution is 5.82. The Morgan fingerprint density at radius 2 is 1.04 bits per heavy atom. The second kappa shape index (κ2) is 7.05. The third kappa shape index (κ3) is 5.22. The summed E-state index contributed by atoms with van der Waals surface area (Å²) in [6, 6.07) is 0. The summed E-state index contributed by atoms with van der Waals surface area (Å²) in [6.07, 6.45) is 6.35. The molecule has 2 aliphatic rings. The summed E-state index contributed by atoms with van der Waals surface area (Å²) in [4.78, 5) is 25.5. The minimum Gasteiger partial charge on any atom is -0.460 e. The van der Waals surface area contributed by atoms with Gasteiger partial charge >= 0.3 is 11.9 Å². The van der Waals surface area contributed by atoms with Crippen LogP contribution in [0.1, 0.15) is 80.1 Å². The fourth-order valence-corrected chi connectivity index (χ4v) is 4.16. The highest BCUT2D eigenvalue weighted by Crippen LogP contribution is 2.46. The zero-order valence-corrected chi connectivity index (χ0v) is 16.2. The van der Waals surface area contributed by atoms with E-state index in [1.165, 1.54) is 25.7 Å². The first-order chi connectivity index (χ1) is 11.0. The maximum Gasteiger partial charge on any atom is 0.310 e. The highest BCUT2D eigenvalue weighted by Gasteiger charge is 2.47. The topological polar surface area (TPSA) is 52.6 Å². The van der Waals surface area contributed by atoms with Crippen LogP contribution in [0.2, 0.25) is 0 Å². The number of rotatable bonds is 2. The first-order valence-corrected chi connectivity index (χ1v) is 9.42. The standard InChI is InChI=1S/C20H34O4/c1-19(2,3)23-17(21)15-11-13-9-7-8-10-14(13)12-16(15)18(22)24-20(4,5)6/h13-16H,7-12H2,1-6H3. The molecule has 2 fully saturated rings. The molecule has 0 aromatic heterocycles. The molecular formula is C20H34O4. The van der Waals surface area contributed by atoms with E-state index in [9.17, 15) is 9.59 Å². The molecule has 0 aromatic carbocycles. The zero-order chi connectivity index (χ0) is 18.1. The van der Waals surface area contributed by atoms with Crippen LogP contribution in [0.15, 0.2) is 0 Å². The summed E-state index contributed by atoms with van der Waals surface area (Å²) >= 11 is 0. The largest absolute Gasteiger partial charge is 0.460 e. The van der Waals surface area contributed by atoms with Crippen molar-refractivity contribution in [1.29, 1.82) is 0 Å². The van der Waals surface area contributed by atoms with Crippen molar-refractivity contribution in [2.24, 2.45) is 23.7 Å². The number of carbonyl (C=O) groups excluding carboxylic acids is 2. The zero-order valence-electron chi connectivity index (χ0n) is 16.2. The Labute approximate surface area is 146 Å². The van der Waals surface area contributed by atoms with Gasteiger partial charge < -0.3 is 9.47 Å². The summed E-state index contributed by atoms with van der Waals surface area (Å²) < 4.78 is 11.2. The average Bonchev–Trinajstić information content (AvgIpc) is 2.42. The molecule has 2 saturated carbocycles. The van der Waals surface area contributed by atoms with Gasteiger partial charge in [0.1, 0.15) is 11.2 Å². The van der Waals surface area contributed by atoms with Crippen LogP contribution < -0.4 is 0 Å². The molecule has 0 bridgehead atoms. The fraction of sp³-hybridized carbons (Fsp3) is 0.900. The number of hydrogen-bond acceptors (Lipinski definition) is 4. The quantitative estimate of drug-likeness (QED) is 0.696. The molecule has 0 saturated heterocycles. The predicted molar refractivity (Wildman–Crippen MR) is 93.4 cm³/mol. The van der Waals surface area contributed by atoms with E-state index in [0.717, 1.165) is 12.8 Å². The van der Waals surface area contributed by atoms with Gasteiger partial charge in [0.25, 0.3) is 0 Å². The molecule has 4 unspecified atom stereocenters. The first kappa shape index (κ1) is 19.3. The lowest BCUT2D eigenvalue weighted by atomic mass is 9.63. The second-order valence-corrected chi connectivity index (χ2v) is 9.56. The van der Waals surface area contributed by atoms with E-state index in [4.69, 9.17) is 9.47 Å². The molecule has 4 nitrogen and oxygen atoms in total. The molecule has 4 heteroatoms. The van der Waals surface area contributed by atoms with Crippen LogP contribution in [0.4, 0.5) is 0 Å². The average molecular weight is 338 g/mol. The van der Waals surface area contributed by atoms with Crippen molar-refractivity contribution in [3.05, 3.63) is 0 Å². The molecule has 0 aliphatic heterocycles. The van der Waals surface area contributed by atoms with Crippen LogP contribution in [-0.4, -0.2) is 23.1 Å². The molecular weight excluding hydrogens is 304 g/mol. The maximum atomic E-state index is 12.7. The van der Waals surface area contributed by atoms with Gasteiger partial charge in [-0.25, -0.2) is 0 Å². The number of fused-ring (bicyclic) bond motifs is 1. The van der Waals surface area contributed by atoms with Gasteiger partial charge in [0.2, 0.25) is 0 Å². The van der Waals surface area contributed by atoms with Crippen molar-refractivity contribution in [2.75, 3.05) is 0 Å². The summed E-state index contributed by atoms with van der Waals surface area (Å²) in [7, 11) is 0. The smallest absolute Gasteiger partial charge is 0.310 e. The van der Waals surface area contributed by atoms with Crippen LogP contribution in [0.3, 0.4) is 0 Å². The number of esters is 2. The number of ether oxygens (including phenoxy) is 2. The van der Waals surface area contributed by atoms with Crippen LogP contribution in [0, 0.1) is 23.7 Å². The summed E-state index contributed by atoms with van der Waals surface area (Å²) in [6.45, 7) is 11.2. The van der Waals surface area contributed by atoms with Crippen molar-refractivity contribution < 1.29 is 19.1 Å². The van der Waals surface area contributed by atoms with E-state index in [-0.39, 0.29) is 23.8 Å². The van der Waals surface area contributed by atoms with Gasteiger partial charge in [-0.05, 0) is 66.2 Å². The molecule has 0 radical (unpaired) electrons. The van der Waals surface area contributed by atoms with Gasteiger partial charge in [-0.15, -0.1) is 0 Å². The second-order valence-electron chi connectivity index (χ2n) is 9.56. The lowest BCUT2D eigenvalue weighted by Gasteiger charge is -2.43. The molecule has 0 N–H and O–H groups in total. The van der Waals surface area contributed by atoms with Gasteiger partial charge in [0, 0.05) is 0 Å². The third-order valence-electron chi connectivity index (χ3n) is 5.08. The molecule has 4 atom stereocenters.